The van der Waals surface area contributed by atoms with Gasteiger partial charge in [-0.2, -0.15) is 0 Å². The Morgan fingerprint density at radius 2 is 1.89 bits per heavy atom. The summed E-state index contributed by atoms with van der Waals surface area (Å²) in [4.78, 5) is 24.9. The molecule has 1 saturated carbocycles. The molecular formula is C23H30O5. The highest BCUT2D eigenvalue weighted by atomic mass is 17.3. The Morgan fingerprint density at radius 3 is 2.71 bits per heavy atom. The summed E-state index contributed by atoms with van der Waals surface area (Å²) in [6.07, 6.45) is 5.93. The fraction of sp³-hybridized carbons (Fsp3) is 0.696. The maximum atomic E-state index is 13.0. The Labute approximate surface area is 166 Å². The lowest BCUT2D eigenvalue weighted by Gasteiger charge is -2.58. The SMILES string of the molecule is C[C@@H]1CC[C@H]2[C@@H](CCCc3ccccc3)C(=O)O[C@@H]3O[C@]4(C)CC[C@@H]1[C@]32OO4. The summed E-state index contributed by atoms with van der Waals surface area (Å²) in [5.41, 5.74) is 0.655. The first-order valence-electron chi connectivity index (χ1n) is 10.8. The second-order valence-corrected chi connectivity index (χ2v) is 9.33. The predicted octanol–water partition coefficient (Wildman–Crippen LogP) is 4.40. The van der Waals surface area contributed by atoms with E-state index in [9.17, 15) is 4.79 Å². The minimum atomic E-state index is -0.821. The molecule has 1 aliphatic carbocycles. The Balaban J connectivity index is 1.40. The summed E-state index contributed by atoms with van der Waals surface area (Å²) in [6, 6.07) is 10.4. The van der Waals surface area contributed by atoms with Gasteiger partial charge in [0.25, 0.3) is 0 Å². The van der Waals surface area contributed by atoms with Crippen LogP contribution in [0.2, 0.25) is 0 Å². The zero-order valence-corrected chi connectivity index (χ0v) is 16.8. The van der Waals surface area contributed by atoms with E-state index >= 15 is 0 Å². The number of hydrogen-bond donors (Lipinski definition) is 0. The monoisotopic (exact) mass is 386 g/mol. The molecule has 0 aromatic heterocycles. The van der Waals surface area contributed by atoms with E-state index in [1.165, 1.54) is 5.56 Å². The van der Waals surface area contributed by atoms with Gasteiger partial charge < -0.3 is 9.47 Å². The molecule has 5 aliphatic rings. The summed E-state index contributed by atoms with van der Waals surface area (Å²) in [6.45, 7) is 4.18. The molecule has 1 aromatic rings. The van der Waals surface area contributed by atoms with Gasteiger partial charge >= 0.3 is 5.97 Å². The summed E-state index contributed by atoms with van der Waals surface area (Å²) in [5.74, 6) is -0.194. The van der Waals surface area contributed by atoms with Crippen LogP contribution in [0.3, 0.4) is 0 Å². The normalized spacial score (nSPS) is 44.5. The fourth-order valence-corrected chi connectivity index (χ4v) is 6.11. The molecule has 0 radical (unpaired) electrons. The summed E-state index contributed by atoms with van der Waals surface area (Å²) < 4.78 is 12.1. The van der Waals surface area contributed by atoms with E-state index in [1.54, 1.807) is 0 Å². The van der Waals surface area contributed by atoms with Crippen molar-refractivity contribution in [3.8, 4) is 0 Å². The predicted molar refractivity (Wildman–Crippen MR) is 102 cm³/mol. The topological polar surface area (TPSA) is 54.0 Å². The molecule has 0 unspecified atom stereocenters. The molecule has 4 saturated heterocycles. The molecule has 5 heteroatoms. The number of carbonyl (C=O) groups is 1. The van der Waals surface area contributed by atoms with Gasteiger partial charge in [0, 0.05) is 18.3 Å². The molecule has 5 fully saturated rings. The van der Waals surface area contributed by atoms with Gasteiger partial charge in [-0.1, -0.05) is 37.3 Å². The quantitative estimate of drug-likeness (QED) is 0.567. The molecule has 4 aliphatic heterocycles. The average molecular weight is 386 g/mol. The van der Waals surface area contributed by atoms with Crippen LogP contribution in [0.4, 0.5) is 0 Å². The summed E-state index contributed by atoms with van der Waals surface area (Å²) in [7, 11) is 0. The lowest BCUT2D eigenvalue weighted by molar-refractivity contribution is -0.559. The van der Waals surface area contributed by atoms with Crippen molar-refractivity contribution < 1.29 is 24.0 Å². The van der Waals surface area contributed by atoms with Crippen LogP contribution < -0.4 is 0 Å². The lowest BCUT2D eigenvalue weighted by Crippen LogP contribution is -2.70. The van der Waals surface area contributed by atoms with Gasteiger partial charge in [-0.25, -0.2) is 9.78 Å². The van der Waals surface area contributed by atoms with Crippen molar-refractivity contribution in [2.75, 3.05) is 0 Å². The number of esters is 1. The molecule has 1 spiro atoms. The van der Waals surface area contributed by atoms with E-state index in [-0.39, 0.29) is 17.8 Å². The summed E-state index contributed by atoms with van der Waals surface area (Å²) >= 11 is 0. The molecule has 4 heterocycles. The third-order valence-electron chi connectivity index (χ3n) is 7.61. The molecule has 2 bridgehead atoms. The number of aryl methyl sites for hydroxylation is 1. The van der Waals surface area contributed by atoms with Crippen molar-refractivity contribution in [3.05, 3.63) is 35.9 Å². The van der Waals surface area contributed by atoms with E-state index in [0.717, 1.165) is 44.9 Å². The van der Waals surface area contributed by atoms with Crippen molar-refractivity contribution in [2.24, 2.45) is 23.7 Å². The maximum Gasteiger partial charge on any atom is 0.311 e. The van der Waals surface area contributed by atoms with Gasteiger partial charge in [0.2, 0.25) is 12.1 Å². The molecular weight excluding hydrogens is 356 g/mol. The highest BCUT2D eigenvalue weighted by Crippen LogP contribution is 2.60. The van der Waals surface area contributed by atoms with Crippen LogP contribution in [0.15, 0.2) is 30.3 Å². The third-order valence-corrected chi connectivity index (χ3v) is 7.61. The Morgan fingerprint density at radius 1 is 1.07 bits per heavy atom. The number of carbonyl (C=O) groups excluding carboxylic acids is 1. The molecule has 1 aromatic carbocycles. The van der Waals surface area contributed by atoms with Crippen LogP contribution in [-0.4, -0.2) is 23.6 Å². The minimum Gasteiger partial charge on any atom is -0.432 e. The molecule has 152 valence electrons. The van der Waals surface area contributed by atoms with Gasteiger partial charge in [-0.3, -0.25) is 4.79 Å². The van der Waals surface area contributed by atoms with Crippen molar-refractivity contribution in [3.63, 3.8) is 0 Å². The van der Waals surface area contributed by atoms with Crippen molar-refractivity contribution in [1.29, 1.82) is 0 Å². The Bertz CT molecular complexity index is 736. The van der Waals surface area contributed by atoms with Crippen molar-refractivity contribution in [2.45, 2.75) is 76.5 Å². The number of rotatable bonds is 4. The largest absolute Gasteiger partial charge is 0.432 e. The van der Waals surface area contributed by atoms with Crippen LogP contribution in [0, 0.1) is 23.7 Å². The van der Waals surface area contributed by atoms with E-state index in [1.807, 2.05) is 13.0 Å². The van der Waals surface area contributed by atoms with Crippen molar-refractivity contribution >= 4 is 5.97 Å². The Hall–Kier alpha value is -1.43. The fourth-order valence-electron chi connectivity index (χ4n) is 6.11. The number of fused-ring (bicyclic) bond motifs is 2. The molecule has 0 N–H and O–H groups in total. The zero-order chi connectivity index (χ0) is 19.4. The summed E-state index contributed by atoms with van der Waals surface area (Å²) in [5, 5.41) is 0. The molecule has 5 nitrogen and oxygen atoms in total. The first-order chi connectivity index (χ1) is 13.5. The highest BCUT2D eigenvalue weighted by molar-refractivity contribution is 5.74. The van der Waals surface area contributed by atoms with Gasteiger partial charge in [-0.15, -0.1) is 0 Å². The van der Waals surface area contributed by atoms with Crippen LogP contribution in [-0.2, 0) is 30.5 Å². The van der Waals surface area contributed by atoms with E-state index in [4.69, 9.17) is 19.2 Å². The number of hydrogen-bond acceptors (Lipinski definition) is 5. The van der Waals surface area contributed by atoms with Gasteiger partial charge in [-0.05, 0) is 56.9 Å². The van der Waals surface area contributed by atoms with E-state index in [2.05, 4.69) is 31.2 Å². The van der Waals surface area contributed by atoms with Crippen LogP contribution in [0.5, 0.6) is 0 Å². The Kier molecular flexibility index (Phi) is 4.53. The first kappa shape index (κ1) is 18.6. The second kappa shape index (κ2) is 6.82. The number of benzene rings is 1. The van der Waals surface area contributed by atoms with Gasteiger partial charge in [0.05, 0.1) is 5.92 Å². The zero-order valence-electron chi connectivity index (χ0n) is 16.8. The lowest BCUT2D eigenvalue weighted by atomic mass is 9.57. The average Bonchev–Trinajstić information content (AvgIpc) is 2.92. The van der Waals surface area contributed by atoms with E-state index in [0.29, 0.717) is 11.8 Å². The van der Waals surface area contributed by atoms with Crippen LogP contribution in [0.1, 0.15) is 57.9 Å². The molecule has 0 amide bonds. The maximum absolute atomic E-state index is 13.0. The van der Waals surface area contributed by atoms with Crippen LogP contribution in [0.25, 0.3) is 0 Å². The standard InChI is InChI=1S/C23H30O5/c1-15-11-12-19-17(10-6-9-16-7-4-3-5-8-16)20(24)25-21-23(19)18(15)13-14-22(2,26-21)27-28-23/h3-5,7-8,15,17-19,21H,6,9-14H2,1-2H3/t15-,17-,18+,19+,21-,22+,23-/m1/s1. The first-order valence-corrected chi connectivity index (χ1v) is 10.8. The third kappa shape index (κ3) is 2.82. The van der Waals surface area contributed by atoms with E-state index < -0.39 is 17.7 Å². The van der Waals surface area contributed by atoms with Gasteiger partial charge in [0.1, 0.15) is 0 Å². The minimum absolute atomic E-state index is 0.0957. The number of ether oxygens (including phenoxy) is 2. The molecule has 6 rings (SSSR count). The molecule has 28 heavy (non-hydrogen) atoms. The highest BCUT2D eigenvalue weighted by Gasteiger charge is 2.70. The smallest absolute Gasteiger partial charge is 0.311 e. The van der Waals surface area contributed by atoms with Crippen LogP contribution >= 0.6 is 0 Å². The molecule has 7 atom stereocenters. The second-order valence-electron chi connectivity index (χ2n) is 9.33. The van der Waals surface area contributed by atoms with Crippen molar-refractivity contribution in [1.82, 2.24) is 0 Å². The van der Waals surface area contributed by atoms with Gasteiger partial charge in [0.15, 0.2) is 5.60 Å².